The molecular formula is C28H30N4O3. The first-order valence-corrected chi connectivity index (χ1v) is 12.9. The number of para-hydroxylation sites is 1. The number of nitrogens with one attached hydrogen (secondary N) is 2. The first-order valence-electron chi connectivity index (χ1n) is 12.9. The SMILES string of the molecule is CN[C@@H]1C[C@H]2O[C@@](C)([C@@H]1OC)n1c3ccccc3c3c4c(c5c6c(n2c5c31)CCCC6)C(=O)NC4. The number of likely N-dealkylation sites (N-methyl/N-ethyl adjacent to an activating group) is 1. The van der Waals surface area contributed by atoms with Crippen LogP contribution in [0.1, 0.15) is 59.6 Å². The second kappa shape index (κ2) is 6.66. The summed E-state index contributed by atoms with van der Waals surface area (Å²) in [6, 6.07) is 8.71. The number of carbonyl (C=O) groups excluding carboxylic acids is 1. The van der Waals surface area contributed by atoms with Gasteiger partial charge in [-0.1, -0.05) is 18.2 Å². The molecule has 1 aliphatic carbocycles. The van der Waals surface area contributed by atoms with E-state index in [0.717, 1.165) is 47.7 Å². The van der Waals surface area contributed by atoms with Crippen molar-refractivity contribution in [3.05, 3.63) is 46.6 Å². The van der Waals surface area contributed by atoms with Crippen molar-refractivity contribution in [3.63, 3.8) is 0 Å². The molecule has 7 heteroatoms. The van der Waals surface area contributed by atoms with Crippen molar-refractivity contribution >= 4 is 38.6 Å². The Morgan fingerprint density at radius 1 is 1.14 bits per heavy atom. The smallest absolute Gasteiger partial charge is 0.252 e. The molecule has 180 valence electrons. The zero-order valence-corrected chi connectivity index (χ0v) is 20.4. The number of aromatic nitrogens is 2. The molecule has 4 aliphatic rings. The van der Waals surface area contributed by atoms with Gasteiger partial charge < -0.3 is 29.2 Å². The van der Waals surface area contributed by atoms with Gasteiger partial charge in [0.15, 0.2) is 5.72 Å². The number of fused-ring (bicyclic) bond motifs is 13. The molecule has 0 radical (unpaired) electrons. The van der Waals surface area contributed by atoms with Crippen molar-refractivity contribution in [2.24, 2.45) is 0 Å². The van der Waals surface area contributed by atoms with E-state index in [-0.39, 0.29) is 24.3 Å². The minimum absolute atomic E-state index is 0.0615. The molecule has 0 spiro atoms. The summed E-state index contributed by atoms with van der Waals surface area (Å²) in [6.07, 6.45) is 4.89. The number of nitrogens with zero attached hydrogens (tertiary/aromatic N) is 2. The zero-order chi connectivity index (χ0) is 23.6. The molecule has 2 N–H and O–H groups in total. The van der Waals surface area contributed by atoms with Crippen LogP contribution in [0, 0.1) is 0 Å². The summed E-state index contributed by atoms with van der Waals surface area (Å²) < 4.78 is 18.2. The summed E-state index contributed by atoms with van der Waals surface area (Å²) in [7, 11) is 3.81. The second-order valence-corrected chi connectivity index (χ2v) is 10.8. The molecular weight excluding hydrogens is 440 g/mol. The molecule has 1 amide bonds. The van der Waals surface area contributed by atoms with Crippen LogP contribution in [-0.4, -0.2) is 41.3 Å². The molecule has 35 heavy (non-hydrogen) atoms. The monoisotopic (exact) mass is 470 g/mol. The molecule has 3 aliphatic heterocycles. The van der Waals surface area contributed by atoms with Gasteiger partial charge >= 0.3 is 0 Å². The van der Waals surface area contributed by atoms with Gasteiger partial charge in [0, 0.05) is 48.0 Å². The third-order valence-electron chi connectivity index (χ3n) is 9.19. The van der Waals surface area contributed by atoms with Crippen molar-refractivity contribution in [2.45, 2.75) is 69.7 Å². The molecule has 4 atom stereocenters. The maximum atomic E-state index is 13.4. The molecule has 5 heterocycles. The van der Waals surface area contributed by atoms with Crippen LogP contribution in [0.15, 0.2) is 24.3 Å². The molecule has 0 saturated carbocycles. The highest BCUT2D eigenvalue weighted by atomic mass is 16.6. The van der Waals surface area contributed by atoms with Crippen molar-refractivity contribution in [2.75, 3.05) is 14.2 Å². The number of ether oxygens (including phenoxy) is 2. The molecule has 1 saturated heterocycles. The Morgan fingerprint density at radius 3 is 2.80 bits per heavy atom. The summed E-state index contributed by atoms with van der Waals surface area (Å²) >= 11 is 0. The van der Waals surface area contributed by atoms with Gasteiger partial charge in [0.1, 0.15) is 12.3 Å². The molecule has 0 unspecified atom stereocenters. The average Bonchev–Trinajstić information content (AvgIpc) is 3.51. The van der Waals surface area contributed by atoms with Crippen LogP contribution in [0.3, 0.4) is 0 Å². The van der Waals surface area contributed by atoms with Crippen LogP contribution in [0.5, 0.6) is 0 Å². The van der Waals surface area contributed by atoms with E-state index in [4.69, 9.17) is 9.47 Å². The van der Waals surface area contributed by atoms with Crippen molar-refractivity contribution in [1.29, 1.82) is 0 Å². The van der Waals surface area contributed by atoms with Crippen LogP contribution < -0.4 is 10.6 Å². The van der Waals surface area contributed by atoms with Gasteiger partial charge in [-0.05, 0) is 56.8 Å². The number of amides is 1. The number of carbonyl (C=O) groups is 1. The summed E-state index contributed by atoms with van der Waals surface area (Å²) in [5.74, 6) is 0.0615. The van der Waals surface area contributed by atoms with Gasteiger partial charge in [-0.2, -0.15) is 0 Å². The quantitative estimate of drug-likeness (QED) is 0.463. The highest BCUT2D eigenvalue weighted by Crippen LogP contribution is 2.53. The molecule has 2 aromatic carbocycles. The average molecular weight is 471 g/mol. The largest absolute Gasteiger partial charge is 0.375 e. The maximum Gasteiger partial charge on any atom is 0.252 e. The van der Waals surface area contributed by atoms with E-state index < -0.39 is 5.72 Å². The Balaban J connectivity index is 1.68. The predicted octanol–water partition coefficient (Wildman–Crippen LogP) is 4.08. The van der Waals surface area contributed by atoms with Crippen molar-refractivity contribution in [1.82, 2.24) is 19.8 Å². The van der Waals surface area contributed by atoms with Gasteiger partial charge in [-0.3, -0.25) is 4.79 Å². The van der Waals surface area contributed by atoms with E-state index in [0.29, 0.717) is 6.54 Å². The lowest BCUT2D eigenvalue weighted by atomic mass is 9.90. The van der Waals surface area contributed by atoms with E-state index in [1.54, 1.807) is 7.11 Å². The number of rotatable bonds is 2. The number of hydrogen-bond donors (Lipinski definition) is 2. The van der Waals surface area contributed by atoms with Gasteiger partial charge in [0.2, 0.25) is 0 Å². The Bertz CT molecular complexity index is 1600. The van der Waals surface area contributed by atoms with Gasteiger partial charge in [0.25, 0.3) is 5.91 Å². The van der Waals surface area contributed by atoms with Crippen LogP contribution >= 0.6 is 0 Å². The number of benzene rings is 2. The fourth-order valence-corrected chi connectivity index (χ4v) is 7.93. The molecule has 4 aromatic rings. The summed E-state index contributed by atoms with van der Waals surface area (Å²) in [6.45, 7) is 2.76. The topological polar surface area (TPSA) is 69.5 Å². The lowest BCUT2D eigenvalue weighted by Gasteiger charge is -2.48. The Morgan fingerprint density at radius 2 is 1.97 bits per heavy atom. The Labute approximate surface area is 203 Å². The standard InChI is InChI=1S/C28H30N4O3/c1-28-26(34-3)17(29-2)12-20(35-28)31-18-10-6-4-8-14(18)22-23-16(13-30-27(23)33)21-15-9-5-7-11-19(15)32(28)25(21)24(22)31/h5,7,9,11,17,20,26,29H,4,6,8,10,12-13H2,1-3H3,(H,30,33)/t17-,20-,26-,28+/m1/s1. The second-order valence-electron chi connectivity index (χ2n) is 10.8. The normalized spacial score (nSPS) is 29.1. The van der Waals surface area contributed by atoms with Crippen molar-refractivity contribution < 1.29 is 14.3 Å². The van der Waals surface area contributed by atoms with Gasteiger partial charge in [0.05, 0.1) is 22.1 Å². The maximum absolute atomic E-state index is 13.4. The summed E-state index contributed by atoms with van der Waals surface area (Å²) in [4.78, 5) is 13.4. The summed E-state index contributed by atoms with van der Waals surface area (Å²) in [5.41, 5.74) is 7.53. The van der Waals surface area contributed by atoms with Gasteiger partial charge in [-0.25, -0.2) is 0 Å². The third-order valence-corrected chi connectivity index (χ3v) is 9.19. The molecule has 2 aromatic heterocycles. The minimum atomic E-state index is -0.718. The van der Waals surface area contributed by atoms with Crippen LogP contribution in [0.4, 0.5) is 0 Å². The molecule has 8 rings (SSSR count). The Hall–Kier alpha value is -2.87. The van der Waals surface area contributed by atoms with Crippen LogP contribution in [0.2, 0.25) is 0 Å². The lowest BCUT2D eigenvalue weighted by Crippen LogP contribution is -2.59. The van der Waals surface area contributed by atoms with E-state index >= 15 is 0 Å². The highest BCUT2D eigenvalue weighted by molar-refractivity contribution is 6.26. The predicted molar refractivity (Wildman–Crippen MR) is 135 cm³/mol. The number of hydrogen-bond acceptors (Lipinski definition) is 4. The first-order chi connectivity index (χ1) is 17.1. The minimum Gasteiger partial charge on any atom is -0.375 e. The fourth-order valence-electron chi connectivity index (χ4n) is 7.93. The summed E-state index contributed by atoms with van der Waals surface area (Å²) in [5, 5.41) is 10.2. The fraction of sp³-hybridized carbons (Fsp3) is 0.464. The van der Waals surface area contributed by atoms with Crippen LogP contribution in [0.25, 0.3) is 32.7 Å². The molecule has 2 bridgehead atoms. The van der Waals surface area contributed by atoms with E-state index in [1.165, 1.54) is 39.5 Å². The van der Waals surface area contributed by atoms with E-state index in [2.05, 4.69) is 51.0 Å². The number of aryl methyl sites for hydroxylation is 1. The Kier molecular flexibility index (Phi) is 3.87. The molecule has 1 fully saturated rings. The van der Waals surface area contributed by atoms with Crippen LogP contribution in [-0.2, 0) is 34.6 Å². The first kappa shape index (κ1) is 20.3. The third kappa shape index (κ3) is 2.22. The molecule has 7 nitrogen and oxygen atoms in total. The number of methoxy groups -OCH3 is 1. The zero-order valence-electron chi connectivity index (χ0n) is 20.4. The van der Waals surface area contributed by atoms with E-state index in [9.17, 15) is 4.79 Å². The highest BCUT2D eigenvalue weighted by Gasteiger charge is 2.53. The van der Waals surface area contributed by atoms with Gasteiger partial charge in [-0.15, -0.1) is 0 Å². The van der Waals surface area contributed by atoms with E-state index in [1.807, 2.05) is 7.05 Å². The van der Waals surface area contributed by atoms with Crippen molar-refractivity contribution in [3.8, 4) is 0 Å². The lowest BCUT2D eigenvalue weighted by molar-refractivity contribution is -0.257.